The van der Waals surface area contributed by atoms with Gasteiger partial charge in [-0.05, 0) is 23.8 Å². The highest BCUT2D eigenvalue weighted by Crippen LogP contribution is 2.29. The van der Waals surface area contributed by atoms with Crippen LogP contribution in [-0.4, -0.2) is 41.1 Å². The van der Waals surface area contributed by atoms with Crippen LogP contribution in [0.4, 0.5) is 5.69 Å². The van der Waals surface area contributed by atoms with Gasteiger partial charge in [0.2, 0.25) is 5.91 Å². The number of aromatic nitrogens is 3. The van der Waals surface area contributed by atoms with Crippen LogP contribution in [0.2, 0.25) is 5.02 Å². The molecule has 3 aromatic rings. The highest BCUT2D eigenvalue weighted by atomic mass is 35.5. The van der Waals surface area contributed by atoms with Crippen LogP contribution in [0.25, 0.3) is 0 Å². The summed E-state index contributed by atoms with van der Waals surface area (Å²) in [7, 11) is 3.05. The number of anilines is 1. The number of nitrogens with zero attached hydrogens (tertiary/aromatic N) is 2. The van der Waals surface area contributed by atoms with Crippen molar-refractivity contribution in [1.82, 2.24) is 15.2 Å². The fourth-order valence-corrected chi connectivity index (χ4v) is 3.38. The second kappa shape index (κ2) is 10.1. The molecule has 30 heavy (non-hydrogen) atoms. The molecule has 0 radical (unpaired) electrons. The fraction of sp³-hybridized carbons (Fsp3) is 0.200. The molecule has 0 aliphatic carbocycles. The van der Waals surface area contributed by atoms with E-state index < -0.39 is 0 Å². The highest BCUT2D eigenvalue weighted by molar-refractivity contribution is 7.99. The number of hydrogen-bond donors (Lipinski definition) is 2. The quantitative estimate of drug-likeness (QED) is 0.512. The molecule has 2 aromatic carbocycles. The number of amides is 1. The number of ether oxygens (including phenoxy) is 2. The molecular weight excluding hydrogens is 428 g/mol. The van der Waals surface area contributed by atoms with Gasteiger partial charge in [-0.3, -0.25) is 14.6 Å². The van der Waals surface area contributed by atoms with E-state index in [9.17, 15) is 9.59 Å². The lowest BCUT2D eigenvalue weighted by molar-refractivity contribution is -0.113. The standard InChI is InChI=1S/C20H19ClN4O4S/c1-28-13-7-8-15(17(10-13)29-2)22-18(26)11-30-20-23-19(27)16(24-25-20)9-12-5-3-4-6-14(12)21/h3-8,10H,9,11H2,1-2H3,(H,22,26)(H,23,25,27). The zero-order valence-corrected chi connectivity index (χ0v) is 17.8. The number of hydrogen-bond acceptors (Lipinski definition) is 7. The van der Waals surface area contributed by atoms with Crippen molar-refractivity contribution in [3.63, 3.8) is 0 Å². The maximum absolute atomic E-state index is 12.3. The van der Waals surface area contributed by atoms with Crippen LogP contribution >= 0.6 is 23.4 Å². The number of nitrogens with one attached hydrogen (secondary N) is 2. The zero-order chi connectivity index (χ0) is 21.5. The van der Waals surface area contributed by atoms with E-state index >= 15 is 0 Å². The van der Waals surface area contributed by atoms with Crippen molar-refractivity contribution in [2.24, 2.45) is 0 Å². The fourth-order valence-electron chi connectivity index (χ4n) is 2.57. The van der Waals surface area contributed by atoms with Gasteiger partial charge in [0.25, 0.3) is 5.56 Å². The Morgan fingerprint density at radius 3 is 2.67 bits per heavy atom. The lowest BCUT2D eigenvalue weighted by atomic mass is 10.1. The molecule has 8 nitrogen and oxygen atoms in total. The number of carbonyl (C=O) groups is 1. The molecule has 1 heterocycles. The zero-order valence-electron chi connectivity index (χ0n) is 16.3. The summed E-state index contributed by atoms with van der Waals surface area (Å²) in [6, 6.07) is 12.3. The molecule has 0 aliphatic heterocycles. The molecule has 0 saturated heterocycles. The normalized spacial score (nSPS) is 10.5. The lowest BCUT2D eigenvalue weighted by Gasteiger charge is -2.11. The summed E-state index contributed by atoms with van der Waals surface area (Å²) < 4.78 is 10.4. The summed E-state index contributed by atoms with van der Waals surface area (Å²) in [6.45, 7) is 0. The van der Waals surface area contributed by atoms with Crippen molar-refractivity contribution in [2.75, 3.05) is 25.3 Å². The van der Waals surface area contributed by atoms with Crippen LogP contribution in [-0.2, 0) is 11.2 Å². The van der Waals surface area contributed by atoms with Crippen LogP contribution in [0.1, 0.15) is 11.3 Å². The molecule has 0 fully saturated rings. The molecule has 0 unspecified atom stereocenters. The molecule has 3 rings (SSSR count). The Morgan fingerprint density at radius 1 is 1.17 bits per heavy atom. The third kappa shape index (κ3) is 5.52. The van der Waals surface area contributed by atoms with Crippen molar-refractivity contribution < 1.29 is 14.3 Å². The van der Waals surface area contributed by atoms with Gasteiger partial charge in [-0.2, -0.15) is 0 Å². The number of aromatic amines is 1. The molecule has 156 valence electrons. The van der Waals surface area contributed by atoms with E-state index in [1.807, 2.05) is 18.2 Å². The maximum Gasteiger partial charge on any atom is 0.273 e. The third-order valence-corrected chi connectivity index (χ3v) is 5.32. The molecule has 1 aromatic heterocycles. The first-order valence-corrected chi connectivity index (χ1v) is 10.2. The Labute approximate surface area is 182 Å². The van der Waals surface area contributed by atoms with E-state index in [0.29, 0.717) is 22.2 Å². The lowest BCUT2D eigenvalue weighted by Crippen LogP contribution is -2.19. The first kappa shape index (κ1) is 21.7. The first-order valence-electron chi connectivity index (χ1n) is 8.84. The number of halogens is 1. The van der Waals surface area contributed by atoms with E-state index in [1.54, 1.807) is 31.4 Å². The molecule has 0 spiro atoms. The van der Waals surface area contributed by atoms with Crippen LogP contribution in [0.3, 0.4) is 0 Å². The summed E-state index contributed by atoms with van der Waals surface area (Å²) in [6.07, 6.45) is 0.269. The average Bonchev–Trinajstić information content (AvgIpc) is 2.75. The molecule has 0 aliphatic rings. The van der Waals surface area contributed by atoms with Crippen LogP contribution < -0.4 is 20.3 Å². The van der Waals surface area contributed by atoms with E-state index in [0.717, 1.165) is 17.3 Å². The smallest absolute Gasteiger partial charge is 0.273 e. The average molecular weight is 447 g/mol. The van der Waals surface area contributed by atoms with Crippen molar-refractivity contribution in [1.29, 1.82) is 0 Å². The topological polar surface area (TPSA) is 106 Å². The van der Waals surface area contributed by atoms with Gasteiger partial charge in [-0.25, -0.2) is 0 Å². The van der Waals surface area contributed by atoms with Crippen molar-refractivity contribution in [2.45, 2.75) is 11.6 Å². The van der Waals surface area contributed by atoms with Crippen molar-refractivity contribution in [3.8, 4) is 11.5 Å². The summed E-state index contributed by atoms with van der Waals surface area (Å²) in [5.74, 6) is 0.837. The Hall–Kier alpha value is -3.04. The predicted octanol–water partition coefficient (Wildman–Crippen LogP) is 3.16. The number of thioether (sulfide) groups is 1. The third-order valence-electron chi connectivity index (χ3n) is 4.08. The number of methoxy groups -OCH3 is 2. The van der Waals surface area contributed by atoms with E-state index in [-0.39, 0.29) is 34.5 Å². The predicted molar refractivity (Wildman–Crippen MR) is 116 cm³/mol. The molecule has 10 heteroatoms. The molecule has 0 saturated carbocycles. The summed E-state index contributed by atoms with van der Waals surface area (Å²) >= 11 is 7.19. The van der Waals surface area contributed by atoms with E-state index in [4.69, 9.17) is 21.1 Å². The second-order valence-electron chi connectivity index (χ2n) is 6.08. The number of H-pyrrole nitrogens is 1. The first-order chi connectivity index (χ1) is 14.5. The van der Waals surface area contributed by atoms with Gasteiger partial charge < -0.3 is 14.8 Å². The number of benzene rings is 2. The maximum atomic E-state index is 12.3. The van der Waals surface area contributed by atoms with E-state index in [1.165, 1.54) is 7.11 Å². The monoisotopic (exact) mass is 446 g/mol. The Bertz CT molecular complexity index is 1110. The van der Waals surface area contributed by atoms with Crippen LogP contribution in [0.5, 0.6) is 11.5 Å². The van der Waals surface area contributed by atoms with Gasteiger partial charge >= 0.3 is 0 Å². The van der Waals surface area contributed by atoms with Gasteiger partial charge in [0.15, 0.2) is 5.16 Å². The Kier molecular flexibility index (Phi) is 7.31. The van der Waals surface area contributed by atoms with Gasteiger partial charge in [-0.15, -0.1) is 10.2 Å². The van der Waals surface area contributed by atoms with Gasteiger partial charge in [0.1, 0.15) is 17.2 Å². The Morgan fingerprint density at radius 2 is 1.97 bits per heavy atom. The minimum atomic E-state index is -0.371. The SMILES string of the molecule is COc1ccc(NC(=O)CSc2nnc(Cc3ccccc3Cl)c(=O)[nH]2)c(OC)c1. The number of rotatable bonds is 8. The van der Waals surface area contributed by atoms with Gasteiger partial charge in [0, 0.05) is 17.5 Å². The van der Waals surface area contributed by atoms with E-state index in [2.05, 4.69) is 20.5 Å². The Balaban J connectivity index is 1.61. The molecule has 0 atom stereocenters. The van der Waals surface area contributed by atoms with Crippen LogP contribution in [0.15, 0.2) is 52.4 Å². The number of carbonyl (C=O) groups excluding carboxylic acids is 1. The summed E-state index contributed by atoms with van der Waals surface area (Å²) in [4.78, 5) is 27.2. The molecular formula is C20H19ClN4O4S. The molecule has 1 amide bonds. The molecule has 0 bridgehead atoms. The van der Waals surface area contributed by atoms with Crippen molar-refractivity contribution >= 4 is 35.0 Å². The van der Waals surface area contributed by atoms with Gasteiger partial charge in [-0.1, -0.05) is 41.6 Å². The second-order valence-corrected chi connectivity index (χ2v) is 7.45. The van der Waals surface area contributed by atoms with Crippen LogP contribution in [0, 0.1) is 0 Å². The van der Waals surface area contributed by atoms with Gasteiger partial charge in [0.05, 0.1) is 25.7 Å². The molecule has 2 N–H and O–H groups in total. The largest absolute Gasteiger partial charge is 0.497 e. The van der Waals surface area contributed by atoms with Crippen molar-refractivity contribution in [3.05, 3.63) is 69.1 Å². The minimum Gasteiger partial charge on any atom is -0.497 e. The highest BCUT2D eigenvalue weighted by Gasteiger charge is 2.12. The summed E-state index contributed by atoms with van der Waals surface area (Å²) in [5.41, 5.74) is 1.18. The summed E-state index contributed by atoms with van der Waals surface area (Å²) in [5, 5.41) is 11.5. The minimum absolute atomic E-state index is 0.0314.